The van der Waals surface area contributed by atoms with Crippen molar-refractivity contribution in [1.82, 2.24) is 14.9 Å². The molecule has 0 atom stereocenters. The molecule has 264 valence electrons. The molecule has 10 nitrogen and oxygen atoms in total. The smallest absolute Gasteiger partial charge is 0.355 e. The van der Waals surface area contributed by atoms with E-state index in [9.17, 15) is 26.4 Å². The van der Waals surface area contributed by atoms with Gasteiger partial charge < -0.3 is 14.7 Å². The van der Waals surface area contributed by atoms with Crippen LogP contribution < -0.4 is 14.5 Å². The summed E-state index contributed by atoms with van der Waals surface area (Å²) in [4.78, 5) is 38.0. The third-order valence-corrected chi connectivity index (χ3v) is 11.4. The summed E-state index contributed by atoms with van der Waals surface area (Å²) in [5.41, 5.74) is 5.44. The van der Waals surface area contributed by atoms with Crippen LogP contribution >= 0.6 is 0 Å². The first-order valence-electron chi connectivity index (χ1n) is 16.4. The van der Waals surface area contributed by atoms with Crippen LogP contribution in [0, 0.1) is 6.92 Å². The van der Waals surface area contributed by atoms with Gasteiger partial charge in [-0.15, -0.1) is 0 Å². The van der Waals surface area contributed by atoms with E-state index in [4.69, 9.17) is 9.78 Å². The maximum Gasteiger partial charge on any atom is 0.446 e. The van der Waals surface area contributed by atoms with E-state index in [-0.39, 0.29) is 10.8 Å². The van der Waals surface area contributed by atoms with Gasteiger partial charge in [0.15, 0.2) is 5.82 Å². The third kappa shape index (κ3) is 6.65. The number of anilines is 3. The van der Waals surface area contributed by atoms with E-state index in [1.165, 1.54) is 0 Å². The Morgan fingerprint density at radius 1 is 0.980 bits per heavy atom. The Hall–Kier alpha value is -4.56. The number of hydrogen-bond acceptors (Lipinski definition) is 8. The number of nitrogens with zero attached hydrogens (tertiary/aromatic N) is 5. The zero-order chi connectivity index (χ0) is 36.0. The van der Waals surface area contributed by atoms with Gasteiger partial charge in [-0.1, -0.05) is 30.2 Å². The molecule has 2 aliphatic heterocycles. The van der Waals surface area contributed by atoms with Crippen LogP contribution in [0.4, 0.5) is 30.4 Å². The highest BCUT2D eigenvalue weighted by molar-refractivity contribution is 7.92. The van der Waals surface area contributed by atoms with Gasteiger partial charge in [-0.2, -0.15) is 13.2 Å². The third-order valence-electron chi connectivity index (χ3n) is 10.0. The molecule has 2 fully saturated rings. The Morgan fingerprint density at radius 2 is 1.64 bits per heavy atom. The highest BCUT2D eigenvalue weighted by Crippen LogP contribution is 2.55. The van der Waals surface area contributed by atoms with Gasteiger partial charge in [0.25, 0.3) is 10.0 Å². The number of amides is 1. The molecular formula is C36H39F3N6O4S. The van der Waals surface area contributed by atoms with Crippen molar-refractivity contribution in [3.05, 3.63) is 72.1 Å². The molecule has 1 N–H and O–H groups in total. The number of alkyl halides is 3. The van der Waals surface area contributed by atoms with Gasteiger partial charge in [0, 0.05) is 48.9 Å². The standard InChI is InChI=1S/C34H38N6O3S.C2HF3O/c1-22-6-9-26(10-7-22)44(42,43)37-29-19-24(20-36-32(29)40-16-12-25(13-17-40)38(2)3)23-8-11-28-27(18-23)31-30(21-35-28)39(4)33(41)34(31)14-5-15-34;3-2(4,5)1-6/h6-11,18-21,25,37H,5,12-17H2,1-4H3;1H. The number of hydrogen-bond donors (Lipinski definition) is 1. The van der Waals surface area contributed by atoms with Crippen LogP contribution in [0.5, 0.6) is 0 Å². The summed E-state index contributed by atoms with van der Waals surface area (Å²) >= 11 is 0. The summed E-state index contributed by atoms with van der Waals surface area (Å²) in [7, 11) is 2.18. The summed E-state index contributed by atoms with van der Waals surface area (Å²) < 4.78 is 61.3. The van der Waals surface area contributed by atoms with Gasteiger partial charge in [-0.05, 0) is 82.6 Å². The van der Waals surface area contributed by atoms with Crippen LogP contribution in [-0.4, -0.2) is 81.9 Å². The number of aromatic nitrogens is 2. The van der Waals surface area contributed by atoms with Crippen LogP contribution in [0.25, 0.3) is 22.0 Å². The lowest BCUT2D eigenvalue weighted by Gasteiger charge is -2.37. The molecule has 2 aromatic heterocycles. The van der Waals surface area contributed by atoms with Gasteiger partial charge in [0.05, 0.1) is 33.4 Å². The highest BCUT2D eigenvalue weighted by atomic mass is 32.2. The lowest BCUT2D eigenvalue weighted by Crippen LogP contribution is -2.43. The lowest BCUT2D eigenvalue weighted by molar-refractivity contribution is -0.156. The second-order valence-electron chi connectivity index (χ2n) is 13.4. The molecule has 50 heavy (non-hydrogen) atoms. The first kappa shape index (κ1) is 35.3. The topological polar surface area (TPSA) is 116 Å². The van der Waals surface area contributed by atoms with E-state index >= 15 is 0 Å². The number of benzene rings is 2. The fourth-order valence-corrected chi connectivity index (χ4v) is 8.16. The molecule has 1 amide bonds. The minimum absolute atomic E-state index is 0.148. The average molecular weight is 709 g/mol. The molecule has 1 saturated carbocycles. The maximum atomic E-state index is 13.6. The van der Waals surface area contributed by atoms with E-state index in [0.717, 1.165) is 84.0 Å². The number of carbonyl (C=O) groups is 2. The minimum atomic E-state index is -4.64. The van der Waals surface area contributed by atoms with Crippen molar-refractivity contribution in [3.63, 3.8) is 0 Å². The van der Waals surface area contributed by atoms with Gasteiger partial charge >= 0.3 is 6.18 Å². The number of piperidine rings is 1. The zero-order valence-corrected chi connectivity index (χ0v) is 29.1. The van der Waals surface area contributed by atoms with Crippen molar-refractivity contribution < 1.29 is 31.2 Å². The Bertz CT molecular complexity index is 2040. The van der Waals surface area contributed by atoms with E-state index in [2.05, 4.69) is 39.7 Å². The number of rotatable bonds is 6. The number of carbonyl (C=O) groups excluding carboxylic acids is 2. The molecule has 14 heteroatoms. The lowest BCUT2D eigenvalue weighted by atomic mass is 9.64. The number of likely N-dealkylation sites (N-methyl/N-ethyl adjacent to an activating group) is 1. The number of sulfonamides is 1. The number of fused-ring (bicyclic) bond motifs is 4. The van der Waals surface area contributed by atoms with E-state index in [1.807, 2.05) is 44.6 Å². The Labute approximate surface area is 289 Å². The van der Waals surface area contributed by atoms with Gasteiger partial charge in [0.1, 0.15) is 0 Å². The first-order chi connectivity index (χ1) is 23.6. The van der Waals surface area contributed by atoms with Gasteiger partial charge in [-0.3, -0.25) is 19.3 Å². The molecule has 4 aromatic rings. The molecule has 2 aromatic carbocycles. The summed E-state index contributed by atoms with van der Waals surface area (Å²) in [5, 5.41) is 0.967. The monoisotopic (exact) mass is 708 g/mol. The molecule has 1 saturated heterocycles. The quantitative estimate of drug-likeness (QED) is 0.240. The number of aldehydes is 1. The van der Waals surface area contributed by atoms with Crippen LogP contribution in [0.15, 0.2) is 65.8 Å². The largest absolute Gasteiger partial charge is 0.446 e. The first-order valence-corrected chi connectivity index (χ1v) is 17.9. The fourth-order valence-electron chi connectivity index (χ4n) is 7.11. The summed E-state index contributed by atoms with van der Waals surface area (Å²) in [6, 6.07) is 15.3. The predicted molar refractivity (Wildman–Crippen MR) is 187 cm³/mol. The Kier molecular flexibility index (Phi) is 9.37. The Balaban J connectivity index is 0.000000664. The van der Waals surface area contributed by atoms with Crippen molar-refractivity contribution >= 4 is 50.3 Å². The molecule has 1 aliphatic carbocycles. The molecule has 1 spiro atoms. The van der Waals surface area contributed by atoms with E-state index in [0.29, 0.717) is 17.5 Å². The normalized spacial score (nSPS) is 17.4. The SMILES string of the molecule is Cc1ccc(S(=O)(=O)Nc2cc(-c3ccc4ncc5c(c4c3)C3(CCC3)C(=O)N5C)cnc2N2CCC(N(C)C)CC2)cc1.O=CC(F)(F)F. The highest BCUT2D eigenvalue weighted by Gasteiger charge is 2.54. The second kappa shape index (κ2) is 13.3. The van der Waals surface area contributed by atoms with Crippen LogP contribution in [0.3, 0.4) is 0 Å². The number of aryl methyl sites for hydroxylation is 1. The number of pyridine rings is 2. The minimum Gasteiger partial charge on any atom is -0.355 e. The fraction of sp³-hybridized carbons (Fsp3) is 0.389. The summed E-state index contributed by atoms with van der Waals surface area (Å²) in [5.74, 6) is 0.779. The summed E-state index contributed by atoms with van der Waals surface area (Å²) in [6.45, 7) is 3.50. The van der Waals surface area contributed by atoms with Crippen LogP contribution in [0.1, 0.15) is 43.2 Å². The van der Waals surface area contributed by atoms with Crippen molar-refractivity contribution in [2.24, 2.45) is 0 Å². The zero-order valence-electron chi connectivity index (χ0n) is 28.3. The second-order valence-corrected chi connectivity index (χ2v) is 15.1. The maximum absolute atomic E-state index is 13.6. The Morgan fingerprint density at radius 3 is 2.22 bits per heavy atom. The average Bonchev–Trinajstić information content (AvgIpc) is 3.31. The molecular weight excluding hydrogens is 669 g/mol. The number of halogens is 3. The van der Waals surface area contributed by atoms with Crippen molar-refractivity contribution in [3.8, 4) is 11.1 Å². The predicted octanol–water partition coefficient (Wildman–Crippen LogP) is 6.08. The number of nitrogens with one attached hydrogen (secondary N) is 1. The van der Waals surface area contributed by atoms with Crippen LogP contribution in [-0.2, 0) is 25.0 Å². The molecule has 0 bridgehead atoms. The molecule has 0 unspecified atom stereocenters. The van der Waals surface area contributed by atoms with Crippen molar-refractivity contribution in [1.29, 1.82) is 0 Å². The molecule has 3 aliphatic rings. The molecule has 7 rings (SSSR count). The molecule has 0 radical (unpaired) electrons. The molecule has 4 heterocycles. The van der Waals surface area contributed by atoms with E-state index < -0.39 is 27.9 Å². The van der Waals surface area contributed by atoms with E-state index in [1.54, 1.807) is 29.2 Å². The van der Waals surface area contributed by atoms with Gasteiger partial charge in [0.2, 0.25) is 12.2 Å². The van der Waals surface area contributed by atoms with Crippen LogP contribution in [0.2, 0.25) is 0 Å². The van der Waals surface area contributed by atoms with Crippen molar-refractivity contribution in [2.45, 2.75) is 61.6 Å². The summed E-state index contributed by atoms with van der Waals surface area (Å²) in [6.07, 6.45) is 2.60. The van der Waals surface area contributed by atoms with Crippen molar-refractivity contribution in [2.75, 3.05) is 48.8 Å². The van der Waals surface area contributed by atoms with Gasteiger partial charge in [-0.25, -0.2) is 13.4 Å².